The van der Waals surface area contributed by atoms with E-state index in [1.54, 1.807) is 4.90 Å². The predicted molar refractivity (Wildman–Crippen MR) is 76.7 cm³/mol. The van der Waals surface area contributed by atoms with Crippen LogP contribution in [0, 0.1) is 0 Å². The van der Waals surface area contributed by atoms with Gasteiger partial charge in [-0.25, -0.2) is 9.59 Å². The Balaban J connectivity index is 2.63. The lowest BCUT2D eigenvalue weighted by molar-refractivity contribution is -0.139. The number of nitrogens with one attached hydrogen (secondary N) is 1. The fraction of sp³-hybridized carbons (Fsp3) is 0.769. The number of rotatable bonds is 5. The van der Waals surface area contributed by atoms with Crippen LogP contribution in [0.5, 0.6) is 0 Å². The summed E-state index contributed by atoms with van der Waals surface area (Å²) in [6.07, 6.45) is 0.765. The van der Waals surface area contributed by atoms with Gasteiger partial charge in [-0.1, -0.05) is 0 Å². The molecule has 0 aromatic heterocycles. The summed E-state index contributed by atoms with van der Waals surface area (Å²) in [6, 6.07) is -1.50. The van der Waals surface area contributed by atoms with Crippen LogP contribution < -0.4 is 11.1 Å². The number of carboxylic acids is 1. The highest BCUT2D eigenvalue weighted by Crippen LogP contribution is 2.09. The first-order valence-corrected chi connectivity index (χ1v) is 7.08. The lowest BCUT2D eigenvalue weighted by Gasteiger charge is -2.29. The molecule has 1 saturated heterocycles. The number of carbonyl (C=O) groups is 3. The number of nitrogens with two attached hydrogens (primary N) is 1. The van der Waals surface area contributed by atoms with E-state index in [2.05, 4.69) is 10.2 Å². The summed E-state index contributed by atoms with van der Waals surface area (Å²) < 4.78 is 0. The van der Waals surface area contributed by atoms with Crippen LogP contribution in [0.2, 0.25) is 0 Å². The Morgan fingerprint density at radius 1 is 1.38 bits per heavy atom. The zero-order valence-electron chi connectivity index (χ0n) is 12.5. The number of urea groups is 1. The van der Waals surface area contributed by atoms with Crippen LogP contribution >= 0.6 is 0 Å². The first-order chi connectivity index (χ1) is 9.81. The molecular weight excluding hydrogens is 276 g/mol. The van der Waals surface area contributed by atoms with Gasteiger partial charge in [0.2, 0.25) is 5.91 Å². The Kier molecular flexibility index (Phi) is 6.41. The molecule has 2 atom stereocenters. The van der Waals surface area contributed by atoms with Gasteiger partial charge >= 0.3 is 12.0 Å². The Morgan fingerprint density at radius 3 is 2.62 bits per heavy atom. The summed E-state index contributed by atoms with van der Waals surface area (Å²) in [5.41, 5.74) is 5.01. The van der Waals surface area contributed by atoms with Gasteiger partial charge in [0.05, 0.1) is 0 Å². The molecule has 8 heteroatoms. The third kappa shape index (κ3) is 5.58. The first-order valence-electron chi connectivity index (χ1n) is 7.08. The number of carbonyl (C=O) groups excluding carboxylic acids is 2. The van der Waals surface area contributed by atoms with E-state index in [-0.39, 0.29) is 18.9 Å². The highest BCUT2D eigenvalue weighted by molar-refractivity contribution is 5.83. The molecule has 1 heterocycles. The molecule has 1 rings (SSSR count). The fourth-order valence-electron chi connectivity index (χ4n) is 2.45. The maximum absolute atomic E-state index is 12.2. The van der Waals surface area contributed by atoms with Crippen LogP contribution in [-0.2, 0) is 9.59 Å². The summed E-state index contributed by atoms with van der Waals surface area (Å²) in [7, 11) is 1.99. The normalized spacial score (nSPS) is 21.4. The molecule has 21 heavy (non-hydrogen) atoms. The zero-order chi connectivity index (χ0) is 16.0. The minimum Gasteiger partial charge on any atom is -0.480 e. The van der Waals surface area contributed by atoms with Crippen molar-refractivity contribution in [2.75, 3.05) is 26.7 Å². The van der Waals surface area contributed by atoms with Crippen molar-refractivity contribution in [2.24, 2.45) is 5.73 Å². The van der Waals surface area contributed by atoms with E-state index in [1.165, 1.54) is 0 Å². The molecule has 0 spiro atoms. The second-order valence-electron chi connectivity index (χ2n) is 5.50. The molecule has 1 aliphatic heterocycles. The highest BCUT2D eigenvalue weighted by Gasteiger charge is 2.27. The second kappa shape index (κ2) is 7.82. The Bertz CT molecular complexity index is 402. The summed E-state index contributed by atoms with van der Waals surface area (Å²) in [5.74, 6) is -1.75. The van der Waals surface area contributed by atoms with E-state index < -0.39 is 23.9 Å². The van der Waals surface area contributed by atoms with Crippen LogP contribution in [0.25, 0.3) is 0 Å². The number of hydrogen-bond acceptors (Lipinski definition) is 4. The van der Waals surface area contributed by atoms with Crippen molar-refractivity contribution in [3.63, 3.8) is 0 Å². The van der Waals surface area contributed by atoms with Gasteiger partial charge in [0.1, 0.15) is 6.04 Å². The van der Waals surface area contributed by atoms with Crippen molar-refractivity contribution >= 4 is 17.9 Å². The minimum atomic E-state index is -1.16. The van der Waals surface area contributed by atoms with E-state index in [4.69, 9.17) is 10.8 Å². The molecule has 8 nitrogen and oxygen atoms in total. The van der Waals surface area contributed by atoms with Crippen molar-refractivity contribution in [3.8, 4) is 0 Å². The SMILES string of the molecule is CC1CN(C)CCCN1C(=O)N[C@@H](CCC(N)=O)C(=O)O. The molecule has 0 aliphatic carbocycles. The second-order valence-corrected chi connectivity index (χ2v) is 5.50. The molecule has 0 saturated carbocycles. The van der Waals surface area contributed by atoms with Gasteiger partial charge in [0.25, 0.3) is 0 Å². The third-order valence-electron chi connectivity index (χ3n) is 3.58. The number of aliphatic carboxylic acids is 1. The van der Waals surface area contributed by atoms with E-state index in [1.807, 2.05) is 14.0 Å². The van der Waals surface area contributed by atoms with Crippen molar-refractivity contribution in [1.82, 2.24) is 15.1 Å². The van der Waals surface area contributed by atoms with Crippen molar-refractivity contribution in [1.29, 1.82) is 0 Å². The standard InChI is InChI=1S/C13H24N4O4/c1-9-8-16(2)6-3-7-17(9)13(21)15-10(12(19)20)4-5-11(14)18/h9-10H,3-8H2,1-2H3,(H2,14,18)(H,15,21)(H,19,20)/t9?,10-/m0/s1. The molecule has 0 aromatic rings. The molecule has 4 N–H and O–H groups in total. The minimum absolute atomic E-state index is 0.00146. The number of carboxylic acid groups (broad SMARTS) is 1. The molecule has 1 fully saturated rings. The average molecular weight is 300 g/mol. The molecule has 1 unspecified atom stereocenters. The highest BCUT2D eigenvalue weighted by atomic mass is 16.4. The van der Waals surface area contributed by atoms with Crippen LogP contribution in [0.3, 0.4) is 0 Å². The van der Waals surface area contributed by atoms with Gasteiger partial charge in [-0.05, 0) is 33.4 Å². The quantitative estimate of drug-likeness (QED) is 0.629. The lowest BCUT2D eigenvalue weighted by atomic mass is 10.1. The molecular formula is C13H24N4O4. The third-order valence-corrected chi connectivity index (χ3v) is 3.58. The van der Waals surface area contributed by atoms with Crippen LogP contribution in [0.15, 0.2) is 0 Å². The smallest absolute Gasteiger partial charge is 0.326 e. The van der Waals surface area contributed by atoms with E-state index in [9.17, 15) is 14.4 Å². The summed E-state index contributed by atoms with van der Waals surface area (Å²) in [5, 5.41) is 11.6. The topological polar surface area (TPSA) is 116 Å². The van der Waals surface area contributed by atoms with Gasteiger partial charge in [0, 0.05) is 25.6 Å². The molecule has 1 aliphatic rings. The van der Waals surface area contributed by atoms with E-state index in [0.717, 1.165) is 19.5 Å². The lowest BCUT2D eigenvalue weighted by Crippen LogP contribution is -2.52. The van der Waals surface area contributed by atoms with E-state index in [0.29, 0.717) is 6.54 Å². The average Bonchev–Trinajstić information content (AvgIpc) is 2.54. The maximum Gasteiger partial charge on any atom is 0.326 e. The number of primary amides is 1. The van der Waals surface area contributed by atoms with Gasteiger partial charge in [-0.15, -0.1) is 0 Å². The number of likely N-dealkylation sites (N-methyl/N-ethyl adjacent to an activating group) is 1. The zero-order valence-corrected chi connectivity index (χ0v) is 12.5. The molecule has 0 aromatic carbocycles. The van der Waals surface area contributed by atoms with Gasteiger partial charge in [-0.2, -0.15) is 0 Å². The Labute approximate surface area is 124 Å². The van der Waals surface area contributed by atoms with Crippen LogP contribution in [0.1, 0.15) is 26.2 Å². The monoisotopic (exact) mass is 300 g/mol. The Morgan fingerprint density at radius 2 is 2.05 bits per heavy atom. The van der Waals surface area contributed by atoms with Gasteiger partial charge < -0.3 is 26.0 Å². The number of amides is 3. The maximum atomic E-state index is 12.2. The van der Waals surface area contributed by atoms with Crippen LogP contribution in [0.4, 0.5) is 4.79 Å². The number of hydrogen-bond donors (Lipinski definition) is 3. The van der Waals surface area contributed by atoms with E-state index >= 15 is 0 Å². The van der Waals surface area contributed by atoms with Crippen molar-refractivity contribution < 1.29 is 19.5 Å². The fourth-order valence-corrected chi connectivity index (χ4v) is 2.45. The molecule has 3 amide bonds. The number of nitrogens with zero attached hydrogens (tertiary/aromatic N) is 2. The van der Waals surface area contributed by atoms with Gasteiger partial charge in [-0.3, -0.25) is 4.79 Å². The molecule has 0 radical (unpaired) electrons. The molecule has 0 bridgehead atoms. The Hall–Kier alpha value is -1.83. The van der Waals surface area contributed by atoms with Crippen LogP contribution in [-0.4, -0.2) is 71.6 Å². The van der Waals surface area contributed by atoms with Crippen molar-refractivity contribution in [2.45, 2.75) is 38.3 Å². The summed E-state index contributed by atoms with van der Waals surface area (Å²) in [6.45, 7) is 4.16. The summed E-state index contributed by atoms with van der Waals surface area (Å²) in [4.78, 5) is 37.9. The molecule has 120 valence electrons. The largest absolute Gasteiger partial charge is 0.480 e. The van der Waals surface area contributed by atoms with Gasteiger partial charge in [0.15, 0.2) is 0 Å². The first kappa shape index (κ1) is 17.2. The summed E-state index contributed by atoms with van der Waals surface area (Å²) >= 11 is 0. The predicted octanol–water partition coefficient (Wildman–Crippen LogP) is -0.559. The van der Waals surface area contributed by atoms with Crippen molar-refractivity contribution in [3.05, 3.63) is 0 Å².